The van der Waals surface area contributed by atoms with Crippen LogP contribution in [-0.4, -0.2) is 52.7 Å². The zero-order valence-electron chi connectivity index (χ0n) is 17.3. The Morgan fingerprint density at radius 3 is 2.58 bits per heavy atom. The minimum Gasteiger partial charge on any atom is -0.464 e. The van der Waals surface area contributed by atoms with Crippen molar-refractivity contribution in [3.63, 3.8) is 0 Å². The van der Waals surface area contributed by atoms with E-state index in [2.05, 4.69) is 4.84 Å². The summed E-state index contributed by atoms with van der Waals surface area (Å²) in [6.45, 7) is 0.0311. The molecule has 2 aromatic carbocycles. The summed E-state index contributed by atoms with van der Waals surface area (Å²) in [6, 6.07) is 13.2. The number of rotatable bonds is 10. The van der Waals surface area contributed by atoms with Crippen molar-refractivity contribution in [3.05, 3.63) is 70.0 Å². The van der Waals surface area contributed by atoms with Crippen LogP contribution in [0, 0.1) is 15.9 Å². The summed E-state index contributed by atoms with van der Waals surface area (Å²) in [4.78, 5) is 40.9. The van der Waals surface area contributed by atoms with Crippen LogP contribution in [0.2, 0.25) is 0 Å². The minimum atomic E-state index is -0.869. The van der Waals surface area contributed by atoms with Gasteiger partial charge in [0.25, 0.3) is 5.09 Å². The normalized spacial score (nSPS) is 14.9. The number of halogens is 1. The zero-order chi connectivity index (χ0) is 22.9. The van der Waals surface area contributed by atoms with E-state index in [9.17, 15) is 24.1 Å². The molecule has 1 amide bonds. The number of thioether (sulfide) groups is 1. The average molecular weight is 479 g/mol. The molecule has 0 aliphatic carbocycles. The van der Waals surface area contributed by atoms with E-state index in [0.29, 0.717) is 35.6 Å². The van der Waals surface area contributed by atoms with Gasteiger partial charge in [0.05, 0.1) is 25.5 Å². The van der Waals surface area contributed by atoms with Gasteiger partial charge in [-0.3, -0.25) is 4.79 Å². The molecular weight excluding hydrogens is 451 g/mol. The topological polar surface area (TPSA) is 99.0 Å². The Kier molecular flexibility index (Phi) is 10.1. The van der Waals surface area contributed by atoms with Crippen LogP contribution in [0.3, 0.4) is 0 Å². The molecule has 0 saturated carbocycles. The molecule has 1 saturated heterocycles. The lowest BCUT2D eigenvalue weighted by Gasteiger charge is -2.22. The molecular formula is C23H27FN2O6S. The fourth-order valence-electron chi connectivity index (χ4n) is 3.29. The molecule has 1 aliphatic heterocycles. The lowest BCUT2D eigenvalue weighted by Crippen LogP contribution is -2.43. The number of hydrogen-bond donors (Lipinski definition) is 0. The van der Waals surface area contributed by atoms with E-state index in [-0.39, 0.29) is 33.0 Å². The Hall–Kier alpha value is -3.14. The molecule has 1 aliphatic rings. The van der Waals surface area contributed by atoms with E-state index in [0.717, 1.165) is 5.56 Å². The van der Waals surface area contributed by atoms with Gasteiger partial charge in [0.1, 0.15) is 11.9 Å². The van der Waals surface area contributed by atoms with Gasteiger partial charge in [-0.1, -0.05) is 49.9 Å². The first kappa shape index (κ1) is 26.1. The van der Waals surface area contributed by atoms with E-state index in [1.54, 1.807) is 12.1 Å². The number of esters is 1. The molecule has 2 aromatic rings. The van der Waals surface area contributed by atoms with Gasteiger partial charge >= 0.3 is 5.97 Å². The molecule has 1 heterocycles. The van der Waals surface area contributed by atoms with Crippen LogP contribution in [0.25, 0.3) is 11.1 Å². The average Bonchev–Trinajstić information content (AvgIpc) is 3.27. The second-order valence-corrected chi connectivity index (χ2v) is 8.17. The number of hydrogen-bond acceptors (Lipinski definition) is 7. The van der Waals surface area contributed by atoms with Crippen LogP contribution in [0.4, 0.5) is 4.39 Å². The van der Waals surface area contributed by atoms with Gasteiger partial charge in [0.15, 0.2) is 0 Å². The Morgan fingerprint density at radius 2 is 1.88 bits per heavy atom. The van der Waals surface area contributed by atoms with Crippen molar-refractivity contribution in [1.82, 2.24) is 4.90 Å². The Balaban J connectivity index is 0.00000385. The van der Waals surface area contributed by atoms with Gasteiger partial charge in [-0.05, 0) is 30.0 Å². The Morgan fingerprint density at radius 1 is 1.15 bits per heavy atom. The van der Waals surface area contributed by atoms with Gasteiger partial charge in [-0.25, -0.2) is 9.18 Å². The maximum absolute atomic E-state index is 14.6. The van der Waals surface area contributed by atoms with Gasteiger partial charge in [-0.2, -0.15) is 0 Å². The minimum absolute atomic E-state index is 0. The lowest BCUT2D eigenvalue weighted by molar-refractivity contribution is -0.757. The number of carbonyl (C=O) groups excluding carboxylic acids is 2. The van der Waals surface area contributed by atoms with Crippen LogP contribution >= 0.6 is 11.8 Å². The number of carbonyl (C=O) groups is 2. The molecule has 0 spiro atoms. The number of ether oxygens (including phenoxy) is 1. The molecule has 10 heteroatoms. The molecule has 1 atom stereocenters. The quantitative estimate of drug-likeness (QED) is 0.219. The fourth-order valence-corrected chi connectivity index (χ4v) is 4.46. The smallest absolute Gasteiger partial charge is 0.329 e. The molecule has 1 fully saturated rings. The van der Waals surface area contributed by atoms with E-state index < -0.39 is 22.9 Å². The number of benzene rings is 2. The van der Waals surface area contributed by atoms with Crippen LogP contribution in [0.15, 0.2) is 48.5 Å². The Bertz CT molecular complexity index is 959. The predicted molar refractivity (Wildman–Crippen MR) is 123 cm³/mol. The third kappa shape index (κ3) is 7.45. The summed E-state index contributed by atoms with van der Waals surface area (Å²) in [5, 5.41) is 9.21. The van der Waals surface area contributed by atoms with Gasteiger partial charge in [-0.15, -0.1) is 21.9 Å². The Labute approximate surface area is 196 Å². The van der Waals surface area contributed by atoms with Crippen molar-refractivity contribution in [2.45, 2.75) is 32.7 Å². The second kappa shape index (κ2) is 12.8. The van der Waals surface area contributed by atoms with E-state index in [4.69, 9.17) is 4.74 Å². The van der Waals surface area contributed by atoms with Crippen LogP contribution in [-0.2, 0) is 25.6 Å². The van der Waals surface area contributed by atoms with E-state index >= 15 is 0 Å². The van der Waals surface area contributed by atoms with E-state index in [1.807, 2.05) is 30.3 Å². The maximum Gasteiger partial charge on any atom is 0.329 e. The number of nitrogens with zero attached hydrogens (tertiary/aromatic N) is 2. The van der Waals surface area contributed by atoms with Crippen LogP contribution in [0.1, 0.15) is 25.8 Å². The molecule has 178 valence electrons. The molecule has 0 aromatic heterocycles. The highest BCUT2D eigenvalue weighted by Gasteiger charge is 2.35. The highest BCUT2D eigenvalue weighted by atomic mass is 32.2. The molecule has 1 unspecified atom stereocenters. The fraction of sp³-hybridized carbons (Fsp3) is 0.391. The predicted octanol–water partition coefficient (Wildman–Crippen LogP) is 4.10. The monoisotopic (exact) mass is 478 g/mol. The molecule has 0 N–H and O–H groups in total. The summed E-state index contributed by atoms with van der Waals surface area (Å²) in [6.07, 6.45) is 0.774. The highest BCUT2D eigenvalue weighted by molar-refractivity contribution is 7.99. The van der Waals surface area contributed by atoms with Crippen LogP contribution in [0.5, 0.6) is 0 Å². The molecule has 8 nitrogen and oxygen atoms in total. The first-order valence-electron chi connectivity index (χ1n) is 10.1. The van der Waals surface area contributed by atoms with Gasteiger partial charge < -0.3 is 14.5 Å². The summed E-state index contributed by atoms with van der Waals surface area (Å²) in [5.74, 6) is -0.405. The van der Waals surface area contributed by atoms with Crippen LogP contribution < -0.4 is 0 Å². The van der Waals surface area contributed by atoms with Crippen molar-refractivity contribution >= 4 is 23.6 Å². The molecule has 33 heavy (non-hydrogen) atoms. The summed E-state index contributed by atoms with van der Waals surface area (Å²) in [7, 11) is 0. The number of unbranched alkanes of at least 4 members (excludes halogenated alkanes) is 1. The standard InChI is InChI=1S/C22H23FN2O6S.CH4/c23-19-12-16(8-9-18(19)17-6-2-1-3-7-17)13-21(26)24-15-32-14-20(24)22(27)30-10-4-5-11-31-25(28)29;/h1-3,6-9,12,20H,4-5,10-11,13-15H2;1H4. The van der Waals surface area contributed by atoms with Crippen molar-refractivity contribution in [3.8, 4) is 11.1 Å². The molecule has 0 bridgehead atoms. The SMILES string of the molecule is C.O=C(OCCCCO[N+](=O)[O-])C1CSCN1C(=O)Cc1ccc(-c2ccccc2)c(F)c1. The largest absolute Gasteiger partial charge is 0.464 e. The lowest BCUT2D eigenvalue weighted by atomic mass is 10.0. The first-order valence-corrected chi connectivity index (χ1v) is 11.3. The maximum atomic E-state index is 14.6. The zero-order valence-corrected chi connectivity index (χ0v) is 18.1. The highest BCUT2D eigenvalue weighted by Crippen LogP contribution is 2.26. The summed E-state index contributed by atoms with van der Waals surface area (Å²) < 4.78 is 19.8. The summed E-state index contributed by atoms with van der Waals surface area (Å²) in [5.41, 5.74) is 1.75. The van der Waals surface area contributed by atoms with Gasteiger partial charge in [0, 0.05) is 11.3 Å². The van der Waals surface area contributed by atoms with E-state index in [1.165, 1.54) is 22.7 Å². The van der Waals surface area contributed by atoms with Crippen molar-refractivity contribution in [2.75, 3.05) is 24.8 Å². The first-order chi connectivity index (χ1) is 15.5. The van der Waals surface area contributed by atoms with Gasteiger partial charge in [0.2, 0.25) is 5.91 Å². The van der Waals surface area contributed by atoms with Crippen molar-refractivity contribution in [1.29, 1.82) is 0 Å². The van der Waals surface area contributed by atoms with Crippen molar-refractivity contribution < 1.29 is 28.6 Å². The third-order valence-corrected chi connectivity index (χ3v) is 5.94. The third-order valence-electron chi connectivity index (χ3n) is 4.93. The number of amides is 1. The second-order valence-electron chi connectivity index (χ2n) is 7.17. The van der Waals surface area contributed by atoms with Crippen molar-refractivity contribution in [2.24, 2.45) is 0 Å². The molecule has 3 rings (SSSR count). The molecule has 0 radical (unpaired) electrons. The summed E-state index contributed by atoms with van der Waals surface area (Å²) >= 11 is 1.45.